The van der Waals surface area contributed by atoms with Gasteiger partial charge in [0, 0.05) is 25.6 Å². The van der Waals surface area contributed by atoms with Gasteiger partial charge in [0.2, 0.25) is 5.91 Å². The second-order valence-corrected chi connectivity index (χ2v) is 4.96. The molecule has 3 heteroatoms. The van der Waals surface area contributed by atoms with E-state index in [1.807, 2.05) is 18.7 Å². The van der Waals surface area contributed by atoms with E-state index in [2.05, 4.69) is 31.2 Å². The average Bonchev–Trinajstić information content (AvgIpc) is 2.34. The topological polar surface area (TPSA) is 46.3 Å². The zero-order chi connectivity index (χ0) is 13.5. The monoisotopic (exact) mass is 248 g/mol. The molecule has 0 atom stereocenters. The van der Waals surface area contributed by atoms with Gasteiger partial charge in [-0.05, 0) is 32.8 Å². The summed E-state index contributed by atoms with van der Waals surface area (Å²) in [4.78, 5) is 13.9. The van der Waals surface area contributed by atoms with Gasteiger partial charge in [0.05, 0.1) is 0 Å². The standard InChI is InChI=1S/C15H24N2O/c1-12(2)17(11-10-16)15(18)9-8-14-6-4-13(3)5-7-14/h4-7,12H,8-11,16H2,1-3H3. The minimum absolute atomic E-state index is 0.191. The molecule has 1 amide bonds. The largest absolute Gasteiger partial charge is 0.339 e. The molecule has 1 aromatic carbocycles. The van der Waals surface area contributed by atoms with Crippen LogP contribution in [0.15, 0.2) is 24.3 Å². The third kappa shape index (κ3) is 4.49. The van der Waals surface area contributed by atoms with E-state index in [4.69, 9.17) is 5.73 Å². The first-order chi connectivity index (χ1) is 8.54. The van der Waals surface area contributed by atoms with Gasteiger partial charge in [-0.3, -0.25) is 4.79 Å². The molecule has 3 nitrogen and oxygen atoms in total. The Hall–Kier alpha value is -1.35. The summed E-state index contributed by atoms with van der Waals surface area (Å²) in [6.45, 7) is 7.29. The Morgan fingerprint density at radius 1 is 1.28 bits per heavy atom. The molecule has 0 fully saturated rings. The van der Waals surface area contributed by atoms with Crippen molar-refractivity contribution in [1.82, 2.24) is 4.90 Å². The summed E-state index contributed by atoms with van der Waals surface area (Å²) in [5.74, 6) is 0.191. The molecule has 0 bridgehead atoms. The number of carbonyl (C=O) groups excluding carboxylic acids is 1. The zero-order valence-electron chi connectivity index (χ0n) is 11.6. The molecule has 0 aliphatic heterocycles. The Balaban J connectivity index is 2.51. The molecule has 1 aromatic rings. The fourth-order valence-electron chi connectivity index (χ4n) is 1.96. The number of nitrogens with two attached hydrogens (primary N) is 1. The molecule has 2 N–H and O–H groups in total. The van der Waals surface area contributed by atoms with E-state index < -0.39 is 0 Å². The maximum absolute atomic E-state index is 12.1. The van der Waals surface area contributed by atoms with Crippen molar-refractivity contribution in [2.45, 2.75) is 39.7 Å². The number of benzene rings is 1. The van der Waals surface area contributed by atoms with Crippen LogP contribution in [0.3, 0.4) is 0 Å². The van der Waals surface area contributed by atoms with Gasteiger partial charge >= 0.3 is 0 Å². The Labute approximate surface area is 110 Å². The van der Waals surface area contributed by atoms with Crippen LogP contribution >= 0.6 is 0 Å². The maximum Gasteiger partial charge on any atom is 0.223 e. The Morgan fingerprint density at radius 3 is 2.39 bits per heavy atom. The van der Waals surface area contributed by atoms with E-state index in [0.29, 0.717) is 19.5 Å². The number of amides is 1. The third-order valence-electron chi connectivity index (χ3n) is 3.06. The molecule has 0 saturated carbocycles. The third-order valence-corrected chi connectivity index (χ3v) is 3.06. The van der Waals surface area contributed by atoms with Crippen LogP contribution in [0.5, 0.6) is 0 Å². The smallest absolute Gasteiger partial charge is 0.223 e. The van der Waals surface area contributed by atoms with Gasteiger partial charge in [0.15, 0.2) is 0 Å². The molecule has 0 heterocycles. The molecule has 1 rings (SSSR count). The number of hydrogen-bond acceptors (Lipinski definition) is 2. The van der Waals surface area contributed by atoms with Crippen molar-refractivity contribution >= 4 is 5.91 Å². The number of aryl methyl sites for hydroxylation is 2. The van der Waals surface area contributed by atoms with Crippen LogP contribution in [-0.4, -0.2) is 29.9 Å². The summed E-state index contributed by atoms with van der Waals surface area (Å²) in [6, 6.07) is 8.56. The van der Waals surface area contributed by atoms with E-state index in [1.54, 1.807) is 0 Å². The van der Waals surface area contributed by atoms with Gasteiger partial charge in [-0.25, -0.2) is 0 Å². The molecule has 0 radical (unpaired) electrons. The lowest BCUT2D eigenvalue weighted by Gasteiger charge is -2.26. The highest BCUT2D eigenvalue weighted by Gasteiger charge is 2.15. The van der Waals surface area contributed by atoms with Gasteiger partial charge in [-0.15, -0.1) is 0 Å². The average molecular weight is 248 g/mol. The van der Waals surface area contributed by atoms with Crippen LogP contribution in [0.4, 0.5) is 0 Å². The van der Waals surface area contributed by atoms with Gasteiger partial charge < -0.3 is 10.6 Å². The zero-order valence-corrected chi connectivity index (χ0v) is 11.6. The first-order valence-corrected chi connectivity index (χ1v) is 6.59. The summed E-state index contributed by atoms with van der Waals surface area (Å²) in [6.07, 6.45) is 1.36. The van der Waals surface area contributed by atoms with Crippen molar-refractivity contribution in [2.24, 2.45) is 5.73 Å². The molecular formula is C15H24N2O. The fourth-order valence-corrected chi connectivity index (χ4v) is 1.96. The first-order valence-electron chi connectivity index (χ1n) is 6.59. The lowest BCUT2D eigenvalue weighted by molar-refractivity contribution is -0.132. The van der Waals surface area contributed by atoms with Gasteiger partial charge in [-0.1, -0.05) is 29.8 Å². The van der Waals surface area contributed by atoms with Gasteiger partial charge in [-0.2, -0.15) is 0 Å². The molecule has 18 heavy (non-hydrogen) atoms. The quantitative estimate of drug-likeness (QED) is 0.838. The van der Waals surface area contributed by atoms with Crippen LogP contribution in [-0.2, 0) is 11.2 Å². The number of hydrogen-bond donors (Lipinski definition) is 1. The van der Waals surface area contributed by atoms with E-state index in [1.165, 1.54) is 11.1 Å². The van der Waals surface area contributed by atoms with Crippen LogP contribution < -0.4 is 5.73 Å². The van der Waals surface area contributed by atoms with Crippen LogP contribution in [0.2, 0.25) is 0 Å². The van der Waals surface area contributed by atoms with Crippen molar-refractivity contribution < 1.29 is 4.79 Å². The van der Waals surface area contributed by atoms with E-state index >= 15 is 0 Å². The maximum atomic E-state index is 12.1. The highest BCUT2D eigenvalue weighted by molar-refractivity contribution is 5.76. The number of carbonyl (C=O) groups is 1. The van der Waals surface area contributed by atoms with E-state index in [0.717, 1.165) is 6.42 Å². The Morgan fingerprint density at radius 2 is 1.89 bits per heavy atom. The molecular weight excluding hydrogens is 224 g/mol. The molecule has 0 aromatic heterocycles. The fraction of sp³-hybridized carbons (Fsp3) is 0.533. The first kappa shape index (κ1) is 14.7. The summed E-state index contributed by atoms with van der Waals surface area (Å²) < 4.78 is 0. The Bertz CT molecular complexity index is 371. The summed E-state index contributed by atoms with van der Waals surface area (Å²) in [7, 11) is 0. The van der Waals surface area contributed by atoms with Crippen LogP contribution in [0.25, 0.3) is 0 Å². The summed E-state index contributed by atoms with van der Waals surface area (Å²) in [5.41, 5.74) is 8.00. The number of nitrogens with zero attached hydrogens (tertiary/aromatic N) is 1. The van der Waals surface area contributed by atoms with Gasteiger partial charge in [0.25, 0.3) is 0 Å². The summed E-state index contributed by atoms with van der Waals surface area (Å²) in [5, 5.41) is 0. The highest BCUT2D eigenvalue weighted by atomic mass is 16.2. The SMILES string of the molecule is Cc1ccc(CCC(=O)N(CCN)C(C)C)cc1. The highest BCUT2D eigenvalue weighted by Crippen LogP contribution is 2.08. The number of rotatable bonds is 6. The molecule has 0 saturated heterocycles. The minimum Gasteiger partial charge on any atom is -0.339 e. The van der Waals surface area contributed by atoms with Crippen molar-refractivity contribution in [1.29, 1.82) is 0 Å². The van der Waals surface area contributed by atoms with Gasteiger partial charge in [0.1, 0.15) is 0 Å². The van der Waals surface area contributed by atoms with Crippen LogP contribution in [0.1, 0.15) is 31.4 Å². The second-order valence-electron chi connectivity index (χ2n) is 4.96. The van der Waals surface area contributed by atoms with E-state index in [9.17, 15) is 4.79 Å². The second kappa shape index (κ2) is 7.17. The molecule has 0 unspecified atom stereocenters. The molecule has 100 valence electrons. The lowest BCUT2D eigenvalue weighted by Crippen LogP contribution is -2.40. The van der Waals surface area contributed by atoms with Crippen molar-refractivity contribution in [3.05, 3.63) is 35.4 Å². The Kier molecular flexibility index (Phi) is 5.86. The lowest BCUT2D eigenvalue weighted by atomic mass is 10.1. The van der Waals surface area contributed by atoms with Crippen molar-refractivity contribution in [3.63, 3.8) is 0 Å². The molecule has 0 spiro atoms. The van der Waals surface area contributed by atoms with Crippen LogP contribution in [0, 0.1) is 6.92 Å². The van der Waals surface area contributed by atoms with Crippen molar-refractivity contribution in [2.75, 3.05) is 13.1 Å². The molecule has 0 aliphatic rings. The van der Waals surface area contributed by atoms with Crippen molar-refractivity contribution in [3.8, 4) is 0 Å². The normalized spacial score (nSPS) is 10.7. The minimum atomic E-state index is 0.191. The predicted octanol–water partition coefficient (Wildman–Crippen LogP) is 2.12. The predicted molar refractivity (Wildman–Crippen MR) is 75.4 cm³/mol. The van der Waals surface area contributed by atoms with E-state index in [-0.39, 0.29) is 11.9 Å². The summed E-state index contributed by atoms with van der Waals surface area (Å²) >= 11 is 0. The molecule has 0 aliphatic carbocycles.